The number of hydrogen-bond donors (Lipinski definition) is 4. The Labute approximate surface area is 68.6 Å². The van der Waals surface area contributed by atoms with Gasteiger partial charge in [-0.3, -0.25) is 10.0 Å². The molecule has 0 aliphatic heterocycles. The molecule has 0 fully saturated rings. The minimum atomic E-state index is -0.961. The van der Waals surface area contributed by atoms with Crippen LogP contribution >= 0.6 is 0 Å². The van der Waals surface area contributed by atoms with E-state index in [1.54, 1.807) is 0 Å². The van der Waals surface area contributed by atoms with Crippen LogP contribution in [0.5, 0.6) is 0 Å². The van der Waals surface area contributed by atoms with Crippen molar-refractivity contribution in [3.05, 3.63) is 0 Å². The van der Waals surface area contributed by atoms with Gasteiger partial charge in [0.05, 0.1) is 0 Å². The molecule has 6 N–H and O–H groups in total. The zero-order valence-corrected chi connectivity index (χ0v) is 6.32. The molecule has 0 heterocycles. The second kappa shape index (κ2) is 5.47. The molecule has 0 aliphatic carbocycles. The fourth-order valence-corrected chi connectivity index (χ4v) is 0.536. The van der Waals surface area contributed by atoms with E-state index >= 15 is 0 Å². The summed E-state index contributed by atoms with van der Waals surface area (Å²) in [4.78, 5) is 24.8. The number of nitrogens with one attached hydrogen (secondary N) is 1. The molecule has 0 aromatic carbocycles. The van der Waals surface area contributed by atoms with Gasteiger partial charge in [0.15, 0.2) is 0 Å². The van der Waals surface area contributed by atoms with Crippen molar-refractivity contribution in [3.8, 4) is 0 Å². The maximum Gasteiger partial charge on any atom is 0.344 e. The second-order valence-corrected chi connectivity index (χ2v) is 2.12. The first-order valence-corrected chi connectivity index (χ1v) is 3.21. The molecule has 70 valence electrons. The summed E-state index contributed by atoms with van der Waals surface area (Å²) in [6.07, 6.45) is 0.0948. The van der Waals surface area contributed by atoms with Gasteiger partial charge in [0.1, 0.15) is 6.04 Å². The number of rotatable bonds is 5. The van der Waals surface area contributed by atoms with Crippen LogP contribution in [-0.2, 0) is 14.4 Å². The minimum absolute atomic E-state index is 0.00168. The Balaban J connectivity index is 3.63. The second-order valence-electron chi connectivity index (χ2n) is 2.12. The predicted molar refractivity (Wildman–Crippen MR) is 37.4 cm³/mol. The Hall–Kier alpha value is -1.18. The van der Waals surface area contributed by atoms with Crippen molar-refractivity contribution in [1.29, 1.82) is 0 Å². The van der Waals surface area contributed by atoms with Crippen molar-refractivity contribution in [3.63, 3.8) is 0 Å². The summed E-state index contributed by atoms with van der Waals surface area (Å²) < 4.78 is 0. The van der Waals surface area contributed by atoms with Crippen LogP contribution in [0, 0.1) is 0 Å². The highest BCUT2D eigenvalue weighted by Gasteiger charge is 2.15. The Morgan fingerprint density at radius 1 is 1.58 bits per heavy atom. The van der Waals surface area contributed by atoms with Crippen LogP contribution in [0.3, 0.4) is 0 Å². The van der Waals surface area contributed by atoms with E-state index in [0.717, 1.165) is 0 Å². The van der Waals surface area contributed by atoms with Gasteiger partial charge in [-0.15, -0.1) is 0 Å². The van der Waals surface area contributed by atoms with Gasteiger partial charge in [0.25, 0.3) is 0 Å². The van der Waals surface area contributed by atoms with E-state index in [2.05, 4.69) is 4.84 Å². The molecule has 0 saturated carbocycles. The molecule has 0 bridgehead atoms. The van der Waals surface area contributed by atoms with Gasteiger partial charge in [-0.05, 0) is 12.1 Å². The summed E-state index contributed by atoms with van der Waals surface area (Å²) in [5, 5.41) is 7.92. The SMILES string of the molecule is NC(=O)CCC(N)C(=O)ONO. The maximum atomic E-state index is 10.6. The van der Waals surface area contributed by atoms with Crippen molar-refractivity contribution in [2.75, 3.05) is 0 Å². The first kappa shape index (κ1) is 10.8. The lowest BCUT2D eigenvalue weighted by molar-refractivity contribution is -0.178. The van der Waals surface area contributed by atoms with Crippen molar-refractivity contribution in [1.82, 2.24) is 5.64 Å². The third-order valence-electron chi connectivity index (χ3n) is 1.15. The van der Waals surface area contributed by atoms with E-state index in [1.165, 1.54) is 5.64 Å². The van der Waals surface area contributed by atoms with Crippen LogP contribution < -0.4 is 17.1 Å². The number of carbonyl (C=O) groups excluding carboxylic acids is 2. The molecule has 0 aromatic heterocycles. The lowest BCUT2D eigenvalue weighted by atomic mass is 10.2. The average Bonchev–Trinajstić information content (AvgIpc) is 2.00. The normalized spacial score (nSPS) is 12.2. The Morgan fingerprint density at radius 3 is 2.58 bits per heavy atom. The minimum Gasteiger partial charge on any atom is -0.370 e. The molecule has 0 aliphatic rings. The summed E-state index contributed by atoms with van der Waals surface area (Å²) >= 11 is 0. The van der Waals surface area contributed by atoms with Crippen LogP contribution in [0.15, 0.2) is 0 Å². The van der Waals surface area contributed by atoms with Crippen LogP contribution in [0.4, 0.5) is 0 Å². The topological polar surface area (TPSA) is 128 Å². The van der Waals surface area contributed by atoms with Gasteiger partial charge in [0, 0.05) is 6.42 Å². The molecular weight excluding hydrogens is 166 g/mol. The predicted octanol–water partition coefficient (Wildman–Crippen LogP) is -1.98. The zero-order chi connectivity index (χ0) is 9.56. The molecule has 12 heavy (non-hydrogen) atoms. The van der Waals surface area contributed by atoms with Gasteiger partial charge in [-0.2, -0.15) is 0 Å². The summed E-state index contributed by atoms with van der Waals surface area (Å²) in [6.45, 7) is 0. The van der Waals surface area contributed by atoms with E-state index in [9.17, 15) is 9.59 Å². The molecule has 7 nitrogen and oxygen atoms in total. The standard InChI is InChI=1S/C5H11N3O4/c6-3(1-2-4(7)9)5(10)12-8-11/h3,8,11H,1-2,6H2,(H2,7,9). The highest BCUT2D eigenvalue weighted by Crippen LogP contribution is 1.94. The third kappa shape index (κ3) is 4.61. The van der Waals surface area contributed by atoms with E-state index in [0.29, 0.717) is 0 Å². The van der Waals surface area contributed by atoms with Gasteiger partial charge in [0.2, 0.25) is 5.91 Å². The molecule has 0 saturated heterocycles. The fourth-order valence-electron chi connectivity index (χ4n) is 0.536. The lowest BCUT2D eigenvalue weighted by Gasteiger charge is -2.07. The molecule has 1 atom stereocenters. The van der Waals surface area contributed by atoms with E-state index in [-0.39, 0.29) is 12.8 Å². The summed E-state index contributed by atoms with van der Waals surface area (Å²) in [6, 6.07) is -0.961. The largest absolute Gasteiger partial charge is 0.370 e. The number of nitrogens with two attached hydrogens (primary N) is 2. The monoisotopic (exact) mass is 177 g/mol. The number of primary amides is 1. The molecule has 0 spiro atoms. The average molecular weight is 177 g/mol. The fraction of sp³-hybridized carbons (Fsp3) is 0.600. The van der Waals surface area contributed by atoms with Crippen LogP contribution in [0.2, 0.25) is 0 Å². The summed E-state index contributed by atoms with van der Waals surface area (Å²) in [5.74, 6) is -1.39. The van der Waals surface area contributed by atoms with Crippen molar-refractivity contribution in [2.24, 2.45) is 11.5 Å². The number of carbonyl (C=O) groups is 2. The van der Waals surface area contributed by atoms with Gasteiger partial charge in [-0.25, -0.2) is 4.79 Å². The third-order valence-corrected chi connectivity index (χ3v) is 1.15. The van der Waals surface area contributed by atoms with Crippen LogP contribution in [-0.4, -0.2) is 23.1 Å². The highest BCUT2D eigenvalue weighted by atomic mass is 16.9. The van der Waals surface area contributed by atoms with Crippen molar-refractivity contribution >= 4 is 11.9 Å². The Bertz CT molecular complexity index is 172. The molecule has 0 rings (SSSR count). The molecule has 0 aromatic rings. The molecule has 7 heteroatoms. The van der Waals surface area contributed by atoms with E-state index in [4.69, 9.17) is 16.7 Å². The number of hydrogen-bond acceptors (Lipinski definition) is 6. The van der Waals surface area contributed by atoms with Gasteiger partial charge >= 0.3 is 5.97 Å². The molecule has 1 amide bonds. The lowest BCUT2D eigenvalue weighted by Crippen LogP contribution is -2.36. The number of amides is 1. The molecule has 1 unspecified atom stereocenters. The summed E-state index contributed by atoms with van der Waals surface area (Å²) in [7, 11) is 0. The van der Waals surface area contributed by atoms with Crippen molar-refractivity contribution in [2.45, 2.75) is 18.9 Å². The van der Waals surface area contributed by atoms with Crippen LogP contribution in [0.25, 0.3) is 0 Å². The first-order valence-electron chi connectivity index (χ1n) is 3.21. The quantitative estimate of drug-likeness (QED) is 0.360. The molecule has 0 radical (unpaired) electrons. The van der Waals surface area contributed by atoms with Gasteiger partial charge < -0.3 is 16.3 Å². The Morgan fingerprint density at radius 2 is 2.17 bits per heavy atom. The highest BCUT2D eigenvalue weighted by molar-refractivity contribution is 5.78. The summed E-state index contributed by atoms with van der Waals surface area (Å²) in [5.41, 5.74) is 11.2. The van der Waals surface area contributed by atoms with E-state index < -0.39 is 17.9 Å². The zero-order valence-electron chi connectivity index (χ0n) is 6.32. The molecular formula is C5H11N3O4. The van der Waals surface area contributed by atoms with Crippen LogP contribution in [0.1, 0.15) is 12.8 Å². The maximum absolute atomic E-state index is 10.6. The first-order chi connectivity index (χ1) is 5.57. The van der Waals surface area contributed by atoms with Gasteiger partial charge in [-0.1, -0.05) is 0 Å². The van der Waals surface area contributed by atoms with Crippen molar-refractivity contribution < 1.29 is 19.6 Å². The Kier molecular flexibility index (Phi) is 4.93. The smallest absolute Gasteiger partial charge is 0.344 e. The van der Waals surface area contributed by atoms with E-state index in [1.807, 2.05) is 0 Å².